The van der Waals surface area contributed by atoms with Gasteiger partial charge in [-0.25, -0.2) is 0 Å². The molecule has 7 heteroatoms. The number of hydrogen-bond acceptors (Lipinski definition) is 5. The molecule has 4 rings (SSSR count). The van der Waals surface area contributed by atoms with E-state index in [1.165, 1.54) is 0 Å². The van der Waals surface area contributed by atoms with Crippen LogP contribution in [-0.2, 0) is 19.7 Å². The first-order valence-electron chi connectivity index (χ1n) is 9.36. The summed E-state index contributed by atoms with van der Waals surface area (Å²) in [6.45, 7) is 1.97. The van der Waals surface area contributed by atoms with Gasteiger partial charge in [0, 0.05) is 29.2 Å². The molecule has 0 bridgehead atoms. The third kappa shape index (κ3) is 5.11. The van der Waals surface area contributed by atoms with E-state index >= 15 is 0 Å². The van der Waals surface area contributed by atoms with Crippen molar-refractivity contribution in [1.82, 2.24) is 5.32 Å². The lowest BCUT2D eigenvalue weighted by Gasteiger charge is -2.16. The van der Waals surface area contributed by atoms with E-state index < -0.39 is 0 Å². The molecule has 0 aliphatic carbocycles. The third-order valence-corrected chi connectivity index (χ3v) is 5.06. The van der Waals surface area contributed by atoms with Crippen LogP contribution < -0.4 is 36.7 Å². The highest BCUT2D eigenvalue weighted by Gasteiger charge is 2.14. The monoisotopic (exact) mass is 446 g/mol. The SMILES string of the molecule is COc1cccc(CNCc2ccc3c(c2)OCO3)c1OCc1ccccc1Cl.[Cl-]. The Morgan fingerprint density at radius 1 is 0.933 bits per heavy atom. The van der Waals surface area contributed by atoms with Gasteiger partial charge in [-0.15, -0.1) is 0 Å². The first-order valence-corrected chi connectivity index (χ1v) is 9.73. The van der Waals surface area contributed by atoms with Gasteiger partial charge >= 0.3 is 0 Å². The molecule has 0 fully saturated rings. The van der Waals surface area contributed by atoms with Gasteiger partial charge in [0.2, 0.25) is 6.79 Å². The standard InChI is InChI=1S/C23H22ClNO4.ClH/c1-26-21-8-4-6-17(23(21)27-14-18-5-2-3-7-19(18)24)13-25-12-16-9-10-20-22(11-16)29-15-28-20;/h2-11,25H,12-15H2,1H3;1H/p-1. The number of para-hydroxylation sites is 1. The van der Waals surface area contributed by atoms with Crippen LogP contribution >= 0.6 is 11.6 Å². The fraction of sp³-hybridized carbons (Fsp3) is 0.217. The minimum atomic E-state index is 0. The van der Waals surface area contributed by atoms with E-state index in [4.69, 9.17) is 30.5 Å². The summed E-state index contributed by atoms with van der Waals surface area (Å²) in [5, 5.41) is 4.14. The van der Waals surface area contributed by atoms with Crippen molar-refractivity contribution in [1.29, 1.82) is 0 Å². The molecule has 0 aromatic heterocycles. The molecule has 158 valence electrons. The van der Waals surface area contributed by atoms with Crippen molar-refractivity contribution >= 4 is 11.6 Å². The van der Waals surface area contributed by atoms with E-state index in [-0.39, 0.29) is 19.2 Å². The van der Waals surface area contributed by atoms with Crippen molar-refractivity contribution in [3.63, 3.8) is 0 Å². The predicted octanol–water partition coefficient (Wildman–Crippen LogP) is 1.95. The first kappa shape index (κ1) is 22.1. The van der Waals surface area contributed by atoms with Gasteiger partial charge in [0.15, 0.2) is 23.0 Å². The normalized spacial score (nSPS) is 11.7. The maximum atomic E-state index is 6.25. The number of methoxy groups -OCH3 is 1. The molecule has 1 heterocycles. The van der Waals surface area contributed by atoms with Gasteiger partial charge in [0.05, 0.1) is 7.11 Å². The van der Waals surface area contributed by atoms with Crippen molar-refractivity contribution in [2.75, 3.05) is 13.9 Å². The minimum Gasteiger partial charge on any atom is -1.00 e. The van der Waals surface area contributed by atoms with E-state index in [9.17, 15) is 0 Å². The Morgan fingerprint density at radius 3 is 2.57 bits per heavy atom. The molecule has 5 nitrogen and oxygen atoms in total. The largest absolute Gasteiger partial charge is 1.00 e. The summed E-state index contributed by atoms with van der Waals surface area (Å²) in [6.07, 6.45) is 0. The fourth-order valence-corrected chi connectivity index (χ4v) is 3.37. The summed E-state index contributed by atoms with van der Waals surface area (Å²) in [5.41, 5.74) is 3.06. The molecule has 0 spiro atoms. The van der Waals surface area contributed by atoms with Crippen LogP contribution in [0.2, 0.25) is 5.02 Å². The molecule has 1 aliphatic heterocycles. The molecule has 0 saturated heterocycles. The number of nitrogens with one attached hydrogen (secondary N) is 1. The Labute approximate surface area is 187 Å². The van der Waals surface area contributed by atoms with Crippen molar-refractivity contribution < 1.29 is 31.4 Å². The Kier molecular flexibility index (Phi) is 7.69. The summed E-state index contributed by atoms with van der Waals surface area (Å²) in [6, 6.07) is 19.5. The Morgan fingerprint density at radius 2 is 1.73 bits per heavy atom. The van der Waals surface area contributed by atoms with Gasteiger partial charge in [-0.3, -0.25) is 0 Å². The van der Waals surface area contributed by atoms with Crippen molar-refractivity contribution in [3.05, 3.63) is 82.4 Å². The number of ether oxygens (including phenoxy) is 4. The van der Waals surface area contributed by atoms with Gasteiger partial charge in [0.1, 0.15) is 6.61 Å². The molecule has 3 aromatic rings. The Bertz CT molecular complexity index is 997. The summed E-state index contributed by atoms with van der Waals surface area (Å²) in [5.74, 6) is 2.98. The van der Waals surface area contributed by atoms with Crippen LogP contribution in [0.4, 0.5) is 0 Å². The topological polar surface area (TPSA) is 49.0 Å². The minimum absolute atomic E-state index is 0. The second-order valence-corrected chi connectivity index (χ2v) is 7.03. The highest BCUT2D eigenvalue weighted by atomic mass is 35.5. The molecule has 3 aromatic carbocycles. The van der Waals surface area contributed by atoms with E-state index in [0.29, 0.717) is 36.2 Å². The number of halogens is 2. The summed E-state index contributed by atoms with van der Waals surface area (Å²) in [4.78, 5) is 0. The molecule has 30 heavy (non-hydrogen) atoms. The second kappa shape index (κ2) is 10.4. The number of benzene rings is 3. The fourth-order valence-electron chi connectivity index (χ4n) is 3.18. The summed E-state index contributed by atoms with van der Waals surface area (Å²) in [7, 11) is 1.64. The van der Waals surface area contributed by atoms with Gasteiger partial charge < -0.3 is 36.7 Å². The maximum absolute atomic E-state index is 6.25. The second-order valence-electron chi connectivity index (χ2n) is 6.62. The van der Waals surface area contributed by atoms with Gasteiger partial charge in [-0.2, -0.15) is 0 Å². The van der Waals surface area contributed by atoms with Crippen molar-refractivity contribution in [2.24, 2.45) is 0 Å². The number of rotatable bonds is 8. The molecule has 0 amide bonds. The van der Waals surface area contributed by atoms with Gasteiger partial charge in [-0.1, -0.05) is 48.0 Å². The van der Waals surface area contributed by atoms with Crippen molar-refractivity contribution in [2.45, 2.75) is 19.7 Å². The van der Waals surface area contributed by atoms with Crippen LogP contribution in [0.5, 0.6) is 23.0 Å². The average Bonchev–Trinajstić information content (AvgIpc) is 3.21. The van der Waals surface area contributed by atoms with E-state index in [1.54, 1.807) is 7.11 Å². The molecule has 1 aliphatic rings. The van der Waals surface area contributed by atoms with Crippen LogP contribution in [0.3, 0.4) is 0 Å². The zero-order valence-corrected chi connectivity index (χ0v) is 18.0. The Hall–Kier alpha value is -2.60. The lowest BCUT2D eigenvalue weighted by atomic mass is 10.1. The summed E-state index contributed by atoms with van der Waals surface area (Å²) < 4.78 is 22.4. The zero-order valence-electron chi connectivity index (χ0n) is 16.5. The Balaban J connectivity index is 0.00000256. The molecule has 0 unspecified atom stereocenters. The first-order chi connectivity index (χ1) is 14.2. The van der Waals surface area contributed by atoms with Gasteiger partial charge in [0.25, 0.3) is 0 Å². The van der Waals surface area contributed by atoms with E-state index in [2.05, 4.69) is 5.32 Å². The molecule has 0 atom stereocenters. The lowest BCUT2D eigenvalue weighted by Crippen LogP contribution is -3.00. The van der Waals surface area contributed by atoms with Crippen LogP contribution in [0.1, 0.15) is 16.7 Å². The van der Waals surface area contributed by atoms with Gasteiger partial charge in [-0.05, 0) is 29.8 Å². The quantitative estimate of drug-likeness (QED) is 0.572. The predicted molar refractivity (Wildman–Crippen MR) is 112 cm³/mol. The van der Waals surface area contributed by atoms with E-state index in [0.717, 1.165) is 28.2 Å². The highest BCUT2D eigenvalue weighted by Crippen LogP contribution is 2.34. The third-order valence-electron chi connectivity index (χ3n) is 4.69. The molecular formula is C23H22Cl2NO4-. The van der Waals surface area contributed by atoms with Crippen molar-refractivity contribution in [3.8, 4) is 23.0 Å². The van der Waals surface area contributed by atoms with Crippen LogP contribution in [0.25, 0.3) is 0 Å². The van der Waals surface area contributed by atoms with E-state index in [1.807, 2.05) is 60.7 Å². The molecular weight excluding hydrogens is 425 g/mol. The zero-order chi connectivity index (χ0) is 20.1. The van der Waals surface area contributed by atoms with Crippen LogP contribution in [-0.4, -0.2) is 13.9 Å². The molecule has 1 N–H and O–H groups in total. The number of fused-ring (bicyclic) bond motifs is 1. The van der Waals surface area contributed by atoms with Crippen LogP contribution in [0, 0.1) is 0 Å². The summed E-state index contributed by atoms with van der Waals surface area (Å²) >= 11 is 6.25. The smallest absolute Gasteiger partial charge is 0.231 e. The molecule has 0 radical (unpaired) electrons. The lowest BCUT2D eigenvalue weighted by molar-refractivity contribution is -0.00000782. The highest BCUT2D eigenvalue weighted by molar-refractivity contribution is 6.31. The van der Waals surface area contributed by atoms with Crippen LogP contribution in [0.15, 0.2) is 60.7 Å². The molecule has 0 saturated carbocycles. The average molecular weight is 447 g/mol. The maximum Gasteiger partial charge on any atom is 0.231 e. The number of hydrogen-bond donors (Lipinski definition) is 1.